The Balaban J connectivity index is 2.78. The van der Waals surface area contributed by atoms with Gasteiger partial charge in [-0.2, -0.15) is 12.6 Å². The first-order valence-corrected chi connectivity index (χ1v) is 9.63. The Bertz CT molecular complexity index is 563. The van der Waals surface area contributed by atoms with E-state index < -0.39 is 12.1 Å². The van der Waals surface area contributed by atoms with E-state index in [-0.39, 0.29) is 23.0 Å². The highest BCUT2D eigenvalue weighted by Crippen LogP contribution is 2.20. The van der Waals surface area contributed by atoms with Crippen LogP contribution in [0, 0.1) is 11.8 Å². The number of carbonyl (C=O) groups is 2. The van der Waals surface area contributed by atoms with Crippen molar-refractivity contribution < 1.29 is 14.3 Å². The molecule has 0 saturated carbocycles. The third kappa shape index (κ3) is 7.38. The van der Waals surface area contributed by atoms with Gasteiger partial charge in [-0.05, 0) is 24.8 Å². The van der Waals surface area contributed by atoms with Crippen LogP contribution in [0.4, 0.5) is 0 Å². The number of nitrogens with one attached hydrogen (secondary N) is 2. The zero-order valence-electron chi connectivity index (χ0n) is 16.4. The Morgan fingerprint density at radius 2 is 1.69 bits per heavy atom. The van der Waals surface area contributed by atoms with E-state index in [4.69, 9.17) is 4.74 Å². The molecule has 0 bridgehead atoms. The number of amides is 2. The largest absolute Gasteiger partial charge is 0.371 e. The van der Waals surface area contributed by atoms with Gasteiger partial charge in [0.2, 0.25) is 11.8 Å². The topological polar surface area (TPSA) is 67.4 Å². The molecular weight excluding hydrogens is 348 g/mol. The lowest BCUT2D eigenvalue weighted by atomic mass is 9.93. The van der Waals surface area contributed by atoms with E-state index in [0.29, 0.717) is 12.5 Å². The number of hydrogen-bond acceptors (Lipinski definition) is 4. The molecule has 6 heteroatoms. The zero-order chi connectivity index (χ0) is 19.7. The number of thiol groups is 1. The molecule has 0 fully saturated rings. The Morgan fingerprint density at radius 1 is 1.08 bits per heavy atom. The Labute approximate surface area is 162 Å². The summed E-state index contributed by atoms with van der Waals surface area (Å²) in [5, 5.41) is 5.38. The Hall–Kier alpha value is -1.53. The van der Waals surface area contributed by atoms with Gasteiger partial charge in [0.25, 0.3) is 0 Å². The molecule has 0 aliphatic carbocycles. The van der Waals surface area contributed by atoms with Crippen molar-refractivity contribution in [2.24, 2.45) is 11.8 Å². The maximum atomic E-state index is 12.7. The van der Waals surface area contributed by atoms with Crippen LogP contribution in [0.1, 0.15) is 39.7 Å². The average molecular weight is 381 g/mol. The summed E-state index contributed by atoms with van der Waals surface area (Å²) < 4.78 is 5.84. The third-order valence-electron chi connectivity index (χ3n) is 4.30. The minimum atomic E-state index is -0.752. The Morgan fingerprint density at radius 3 is 2.19 bits per heavy atom. The van der Waals surface area contributed by atoms with Gasteiger partial charge in [-0.1, -0.05) is 51.1 Å². The molecule has 0 aromatic heterocycles. The summed E-state index contributed by atoms with van der Waals surface area (Å²) in [6, 6.07) is 8.98. The van der Waals surface area contributed by atoms with E-state index in [1.165, 1.54) is 0 Å². The van der Waals surface area contributed by atoms with Gasteiger partial charge in [0.05, 0.1) is 12.7 Å². The van der Waals surface area contributed by atoms with Crippen molar-refractivity contribution in [3.8, 4) is 0 Å². The fourth-order valence-electron chi connectivity index (χ4n) is 2.74. The lowest BCUT2D eigenvalue weighted by Gasteiger charge is -2.28. The number of ether oxygens (including phenoxy) is 1. The molecule has 0 radical (unpaired) electrons. The molecule has 5 nitrogen and oxygen atoms in total. The molecule has 146 valence electrons. The van der Waals surface area contributed by atoms with Crippen LogP contribution in [-0.2, 0) is 20.9 Å². The van der Waals surface area contributed by atoms with Crippen LogP contribution in [0.15, 0.2) is 30.3 Å². The lowest BCUT2D eigenvalue weighted by molar-refractivity contribution is -0.135. The van der Waals surface area contributed by atoms with E-state index in [1.807, 2.05) is 37.3 Å². The minimum Gasteiger partial charge on any atom is -0.371 e. The summed E-state index contributed by atoms with van der Waals surface area (Å²) in [4.78, 5) is 25.0. The summed E-state index contributed by atoms with van der Waals surface area (Å²) in [6.45, 7) is 8.21. The first-order chi connectivity index (χ1) is 12.3. The number of hydrogen-bond donors (Lipinski definition) is 3. The predicted molar refractivity (Wildman–Crippen MR) is 108 cm³/mol. The van der Waals surface area contributed by atoms with Crippen LogP contribution >= 0.6 is 12.6 Å². The van der Waals surface area contributed by atoms with Gasteiger partial charge in [0, 0.05) is 18.2 Å². The summed E-state index contributed by atoms with van der Waals surface area (Å²) >= 11 is 4.45. The van der Waals surface area contributed by atoms with Gasteiger partial charge in [-0.15, -0.1) is 0 Å². The van der Waals surface area contributed by atoms with Crippen LogP contribution < -0.4 is 10.6 Å². The quantitative estimate of drug-likeness (QED) is 0.547. The highest BCUT2D eigenvalue weighted by molar-refractivity contribution is 7.81. The molecule has 2 N–H and O–H groups in total. The normalized spacial score (nSPS) is 15.8. The Kier molecular flexibility index (Phi) is 9.73. The maximum absolute atomic E-state index is 12.7. The first kappa shape index (κ1) is 22.5. The van der Waals surface area contributed by atoms with Crippen molar-refractivity contribution in [1.29, 1.82) is 0 Å². The SMILES string of the molecule is CNC(=O)[C@@H](NC(=O)C(CC(C)C)C(C)S)[C@@H](C)OCc1ccccc1. The smallest absolute Gasteiger partial charge is 0.245 e. The van der Waals surface area contributed by atoms with E-state index in [1.54, 1.807) is 14.0 Å². The zero-order valence-corrected chi connectivity index (χ0v) is 17.3. The average Bonchev–Trinajstić information content (AvgIpc) is 2.61. The van der Waals surface area contributed by atoms with Crippen molar-refractivity contribution in [3.05, 3.63) is 35.9 Å². The molecule has 1 rings (SSSR count). The van der Waals surface area contributed by atoms with E-state index >= 15 is 0 Å². The number of carbonyl (C=O) groups excluding carboxylic acids is 2. The molecule has 2 amide bonds. The van der Waals surface area contributed by atoms with Crippen molar-refractivity contribution in [1.82, 2.24) is 10.6 Å². The molecule has 26 heavy (non-hydrogen) atoms. The van der Waals surface area contributed by atoms with Crippen LogP contribution in [0.2, 0.25) is 0 Å². The van der Waals surface area contributed by atoms with Crippen molar-refractivity contribution in [3.63, 3.8) is 0 Å². The standard InChI is InChI=1S/C20H32N2O3S/c1-13(2)11-17(15(4)26)19(23)22-18(20(24)21-5)14(3)25-12-16-9-7-6-8-10-16/h6-10,13-15,17-18,26H,11-12H2,1-5H3,(H,21,24)(H,22,23)/t14-,15?,17?,18+/m1/s1. The van der Waals surface area contributed by atoms with Crippen molar-refractivity contribution in [2.45, 2.75) is 58.1 Å². The van der Waals surface area contributed by atoms with Crippen LogP contribution in [0.5, 0.6) is 0 Å². The van der Waals surface area contributed by atoms with Crippen LogP contribution in [0.3, 0.4) is 0 Å². The molecule has 0 aliphatic heterocycles. The molecule has 0 spiro atoms. The van der Waals surface area contributed by atoms with Crippen LogP contribution in [0.25, 0.3) is 0 Å². The molecule has 0 aliphatic rings. The number of rotatable bonds is 10. The van der Waals surface area contributed by atoms with E-state index in [9.17, 15) is 9.59 Å². The monoisotopic (exact) mass is 380 g/mol. The van der Waals surface area contributed by atoms with Gasteiger partial charge in [-0.25, -0.2) is 0 Å². The number of likely N-dealkylation sites (N-methyl/N-ethyl adjacent to an activating group) is 1. The number of benzene rings is 1. The summed E-state index contributed by atoms with van der Waals surface area (Å²) in [5.74, 6) is -0.323. The predicted octanol–water partition coefficient (Wildman–Crippen LogP) is 2.80. The molecule has 4 atom stereocenters. The summed E-state index contributed by atoms with van der Waals surface area (Å²) in [7, 11) is 1.55. The second kappa shape index (κ2) is 11.2. The molecule has 0 heterocycles. The molecule has 1 aromatic carbocycles. The summed E-state index contributed by atoms with van der Waals surface area (Å²) in [5.41, 5.74) is 1.02. The van der Waals surface area contributed by atoms with E-state index in [2.05, 4.69) is 37.1 Å². The summed E-state index contributed by atoms with van der Waals surface area (Å²) in [6.07, 6.45) is 0.255. The highest BCUT2D eigenvalue weighted by atomic mass is 32.1. The minimum absolute atomic E-state index is 0.0942. The highest BCUT2D eigenvalue weighted by Gasteiger charge is 2.31. The van der Waals surface area contributed by atoms with E-state index in [0.717, 1.165) is 12.0 Å². The molecule has 2 unspecified atom stereocenters. The second-order valence-electron chi connectivity index (χ2n) is 7.08. The molecule has 1 aromatic rings. The fourth-order valence-corrected chi connectivity index (χ4v) is 3.00. The second-order valence-corrected chi connectivity index (χ2v) is 7.89. The first-order valence-electron chi connectivity index (χ1n) is 9.11. The van der Waals surface area contributed by atoms with Gasteiger partial charge in [0.1, 0.15) is 6.04 Å². The van der Waals surface area contributed by atoms with Gasteiger partial charge in [-0.3, -0.25) is 9.59 Å². The van der Waals surface area contributed by atoms with Gasteiger partial charge in [0.15, 0.2) is 0 Å². The fraction of sp³-hybridized carbons (Fsp3) is 0.600. The molecular formula is C20H32N2O3S. The lowest BCUT2D eigenvalue weighted by Crippen LogP contribution is -2.54. The molecule has 0 saturated heterocycles. The van der Waals surface area contributed by atoms with Crippen LogP contribution in [-0.4, -0.2) is 36.3 Å². The van der Waals surface area contributed by atoms with Gasteiger partial charge >= 0.3 is 0 Å². The van der Waals surface area contributed by atoms with Crippen molar-refractivity contribution in [2.75, 3.05) is 7.05 Å². The maximum Gasteiger partial charge on any atom is 0.245 e. The van der Waals surface area contributed by atoms with Crippen molar-refractivity contribution >= 4 is 24.4 Å². The third-order valence-corrected chi connectivity index (χ3v) is 4.66. The van der Waals surface area contributed by atoms with Gasteiger partial charge < -0.3 is 15.4 Å².